The van der Waals surface area contributed by atoms with Crippen molar-refractivity contribution >= 4 is 37.7 Å². The number of nitrogens with zero attached hydrogens (tertiary/aromatic N) is 1. The Balaban J connectivity index is 2.18. The second-order valence-corrected chi connectivity index (χ2v) is 11.8. The van der Waals surface area contributed by atoms with E-state index in [1.165, 1.54) is 6.07 Å². The summed E-state index contributed by atoms with van der Waals surface area (Å²) in [5.41, 5.74) is 0.920. The Hall–Kier alpha value is -1.82. The molecule has 7 heteroatoms. The SMILES string of the molecule is C=C(/N=C/c1cc(Cl)ccc1OCc1c(F)cccc1Cl)O[Si](C)(C)C. The first-order chi connectivity index (χ1) is 12.2. The second kappa shape index (κ2) is 8.71. The summed E-state index contributed by atoms with van der Waals surface area (Å²) < 4.78 is 25.3. The molecule has 0 fully saturated rings. The Morgan fingerprint density at radius 3 is 2.62 bits per heavy atom. The van der Waals surface area contributed by atoms with Crippen LogP contribution >= 0.6 is 23.2 Å². The molecule has 0 radical (unpaired) electrons. The molecule has 138 valence electrons. The zero-order valence-electron chi connectivity index (χ0n) is 14.9. The van der Waals surface area contributed by atoms with E-state index in [0.29, 0.717) is 32.8 Å². The molecule has 2 rings (SSSR count). The standard InChI is InChI=1S/C19H20Cl2FNO2Si/c1-13(25-26(2,3)4)23-11-14-10-15(20)8-9-19(14)24-12-16-17(21)6-5-7-18(16)22/h5-11H,1,12H2,2-4H3/b23-11+. The highest BCUT2D eigenvalue weighted by atomic mass is 35.5. The molecule has 0 saturated carbocycles. The lowest BCUT2D eigenvalue weighted by atomic mass is 10.2. The predicted molar refractivity (Wildman–Crippen MR) is 108 cm³/mol. The molecule has 0 aromatic heterocycles. The molecule has 0 aliphatic rings. The van der Waals surface area contributed by atoms with Gasteiger partial charge < -0.3 is 9.16 Å². The van der Waals surface area contributed by atoms with Crippen LogP contribution in [-0.4, -0.2) is 14.5 Å². The van der Waals surface area contributed by atoms with E-state index >= 15 is 0 Å². The summed E-state index contributed by atoms with van der Waals surface area (Å²) in [6, 6.07) is 9.58. The smallest absolute Gasteiger partial charge is 0.244 e. The van der Waals surface area contributed by atoms with Crippen molar-refractivity contribution in [3.8, 4) is 5.75 Å². The first-order valence-corrected chi connectivity index (χ1v) is 12.1. The van der Waals surface area contributed by atoms with E-state index in [9.17, 15) is 4.39 Å². The molecule has 2 aromatic rings. The van der Waals surface area contributed by atoms with Crippen LogP contribution in [-0.2, 0) is 11.0 Å². The van der Waals surface area contributed by atoms with Crippen molar-refractivity contribution in [1.29, 1.82) is 0 Å². The summed E-state index contributed by atoms with van der Waals surface area (Å²) in [6.45, 7) is 9.91. The van der Waals surface area contributed by atoms with Crippen LogP contribution in [0, 0.1) is 5.82 Å². The van der Waals surface area contributed by atoms with Gasteiger partial charge in [-0.15, -0.1) is 0 Å². The molecule has 2 aromatic carbocycles. The Morgan fingerprint density at radius 2 is 1.96 bits per heavy atom. The molecule has 0 N–H and O–H groups in total. The topological polar surface area (TPSA) is 30.8 Å². The summed E-state index contributed by atoms with van der Waals surface area (Å²) in [4.78, 5) is 4.23. The van der Waals surface area contributed by atoms with Gasteiger partial charge in [0.15, 0.2) is 5.88 Å². The number of hydrogen-bond donors (Lipinski definition) is 0. The predicted octanol–water partition coefficient (Wildman–Crippen LogP) is 6.45. The van der Waals surface area contributed by atoms with Crippen LogP contribution in [0.25, 0.3) is 0 Å². The maximum atomic E-state index is 13.9. The van der Waals surface area contributed by atoms with Gasteiger partial charge in [-0.1, -0.05) is 29.3 Å². The minimum absolute atomic E-state index is 0.0136. The van der Waals surface area contributed by atoms with Crippen molar-refractivity contribution in [1.82, 2.24) is 0 Å². The van der Waals surface area contributed by atoms with Crippen molar-refractivity contribution in [2.75, 3.05) is 0 Å². The first kappa shape index (κ1) is 20.5. The molecule has 26 heavy (non-hydrogen) atoms. The average molecular weight is 412 g/mol. The molecular weight excluding hydrogens is 392 g/mol. The van der Waals surface area contributed by atoms with Crippen LogP contribution in [0.5, 0.6) is 5.75 Å². The quantitative estimate of drug-likeness (QED) is 0.297. The number of halogens is 3. The molecule has 0 saturated heterocycles. The third kappa shape index (κ3) is 6.16. The van der Waals surface area contributed by atoms with Gasteiger partial charge in [-0.25, -0.2) is 9.38 Å². The van der Waals surface area contributed by atoms with E-state index in [-0.39, 0.29) is 6.61 Å². The van der Waals surface area contributed by atoms with Gasteiger partial charge in [0.25, 0.3) is 0 Å². The highest BCUT2D eigenvalue weighted by Gasteiger charge is 2.16. The van der Waals surface area contributed by atoms with E-state index in [4.69, 9.17) is 32.4 Å². The van der Waals surface area contributed by atoms with Crippen LogP contribution in [0.1, 0.15) is 11.1 Å². The third-order valence-electron chi connectivity index (χ3n) is 3.18. The van der Waals surface area contributed by atoms with Crippen LogP contribution < -0.4 is 4.74 Å². The number of hydrogen-bond acceptors (Lipinski definition) is 3. The molecule has 0 bridgehead atoms. The molecule has 0 aliphatic heterocycles. The molecule has 0 atom stereocenters. The zero-order chi connectivity index (χ0) is 19.3. The fourth-order valence-corrected chi connectivity index (χ4v) is 3.25. The van der Waals surface area contributed by atoms with E-state index in [0.717, 1.165) is 0 Å². The second-order valence-electron chi connectivity index (χ2n) is 6.54. The molecule has 0 unspecified atom stereocenters. The van der Waals surface area contributed by atoms with Crippen LogP contribution in [0.15, 0.2) is 53.9 Å². The van der Waals surface area contributed by atoms with Crippen molar-refractivity contribution in [3.05, 3.63) is 75.8 Å². The fraction of sp³-hybridized carbons (Fsp3) is 0.211. The summed E-state index contributed by atoms with van der Waals surface area (Å²) in [5, 5.41) is 0.838. The van der Waals surface area contributed by atoms with Crippen LogP contribution in [0.4, 0.5) is 4.39 Å². The average Bonchev–Trinajstić information content (AvgIpc) is 2.52. The van der Waals surface area contributed by atoms with Gasteiger partial charge in [0.1, 0.15) is 18.2 Å². The van der Waals surface area contributed by atoms with E-state index < -0.39 is 14.1 Å². The van der Waals surface area contributed by atoms with Gasteiger partial charge in [0.2, 0.25) is 8.32 Å². The number of rotatable bonds is 7. The molecule has 0 spiro atoms. The molecule has 0 heterocycles. The van der Waals surface area contributed by atoms with Gasteiger partial charge >= 0.3 is 0 Å². The van der Waals surface area contributed by atoms with Crippen molar-refractivity contribution in [2.24, 2.45) is 4.99 Å². The fourth-order valence-electron chi connectivity index (χ4n) is 2.09. The van der Waals surface area contributed by atoms with Crippen molar-refractivity contribution in [3.63, 3.8) is 0 Å². The molecule has 0 amide bonds. The lowest BCUT2D eigenvalue weighted by Crippen LogP contribution is -2.24. The maximum absolute atomic E-state index is 13.9. The number of benzene rings is 2. The highest BCUT2D eigenvalue weighted by Crippen LogP contribution is 2.25. The van der Waals surface area contributed by atoms with E-state index in [1.54, 1.807) is 36.5 Å². The minimum atomic E-state index is -1.78. The van der Waals surface area contributed by atoms with E-state index in [1.807, 2.05) is 19.6 Å². The van der Waals surface area contributed by atoms with Crippen LogP contribution in [0.3, 0.4) is 0 Å². The largest absolute Gasteiger partial charge is 0.532 e. The maximum Gasteiger partial charge on any atom is 0.244 e. The Bertz CT molecular complexity index is 815. The lowest BCUT2D eigenvalue weighted by Gasteiger charge is -2.18. The molecule has 3 nitrogen and oxygen atoms in total. The monoisotopic (exact) mass is 411 g/mol. The van der Waals surface area contributed by atoms with E-state index in [2.05, 4.69) is 11.6 Å². The third-order valence-corrected chi connectivity index (χ3v) is 4.61. The first-order valence-electron chi connectivity index (χ1n) is 7.93. The summed E-state index contributed by atoms with van der Waals surface area (Å²) >= 11 is 12.1. The normalized spacial score (nSPS) is 11.6. The van der Waals surface area contributed by atoms with Gasteiger partial charge in [0, 0.05) is 22.4 Å². The lowest BCUT2D eigenvalue weighted by molar-refractivity contribution is 0.299. The van der Waals surface area contributed by atoms with Gasteiger partial charge in [-0.05, 0) is 56.6 Å². The van der Waals surface area contributed by atoms with Crippen molar-refractivity contribution < 1.29 is 13.6 Å². The Kier molecular flexibility index (Phi) is 6.86. The highest BCUT2D eigenvalue weighted by molar-refractivity contribution is 6.70. The van der Waals surface area contributed by atoms with Gasteiger partial charge in [-0.2, -0.15) is 0 Å². The zero-order valence-corrected chi connectivity index (χ0v) is 17.4. The Morgan fingerprint density at radius 1 is 1.23 bits per heavy atom. The number of aliphatic imine (C=N–C) groups is 1. The summed E-state index contributed by atoms with van der Waals surface area (Å²) in [6.07, 6.45) is 1.56. The molecular formula is C19H20Cl2FNO2Si. The summed E-state index contributed by atoms with van der Waals surface area (Å²) in [5.74, 6) is 0.407. The summed E-state index contributed by atoms with van der Waals surface area (Å²) in [7, 11) is -1.78. The van der Waals surface area contributed by atoms with Crippen LogP contribution in [0.2, 0.25) is 29.7 Å². The van der Waals surface area contributed by atoms with Gasteiger partial charge in [-0.3, -0.25) is 0 Å². The minimum Gasteiger partial charge on any atom is -0.532 e. The Labute approximate surface area is 164 Å². The van der Waals surface area contributed by atoms with Gasteiger partial charge in [0.05, 0.1) is 5.02 Å². The van der Waals surface area contributed by atoms with Crippen molar-refractivity contribution in [2.45, 2.75) is 26.2 Å². The number of ether oxygens (including phenoxy) is 1. The molecule has 0 aliphatic carbocycles.